The molecule has 21 heavy (non-hydrogen) atoms. The SMILES string of the molecule is FC(F)(F)c1nnc(N2CCN(C[C@@H]3CCOC3)CC2)s1. The maximum atomic E-state index is 12.5. The van der Waals surface area contributed by atoms with E-state index in [9.17, 15) is 13.2 Å². The zero-order valence-electron chi connectivity index (χ0n) is 11.5. The molecule has 3 heterocycles. The lowest BCUT2D eigenvalue weighted by Crippen LogP contribution is -2.47. The van der Waals surface area contributed by atoms with Crippen LogP contribution < -0.4 is 4.90 Å². The van der Waals surface area contributed by atoms with Gasteiger partial charge in [0.05, 0.1) is 6.61 Å². The lowest BCUT2D eigenvalue weighted by Gasteiger charge is -2.35. The number of hydrogen-bond acceptors (Lipinski definition) is 6. The van der Waals surface area contributed by atoms with Crippen molar-refractivity contribution in [1.29, 1.82) is 0 Å². The topological polar surface area (TPSA) is 41.5 Å². The Labute approximate surface area is 124 Å². The maximum Gasteiger partial charge on any atom is 0.445 e. The molecule has 1 atom stereocenters. The lowest BCUT2D eigenvalue weighted by atomic mass is 10.1. The molecule has 0 amide bonds. The van der Waals surface area contributed by atoms with Gasteiger partial charge in [0.1, 0.15) is 0 Å². The largest absolute Gasteiger partial charge is 0.445 e. The van der Waals surface area contributed by atoms with Gasteiger partial charge >= 0.3 is 6.18 Å². The van der Waals surface area contributed by atoms with Gasteiger partial charge in [-0.05, 0) is 12.3 Å². The first-order valence-corrected chi connectivity index (χ1v) is 7.80. The van der Waals surface area contributed by atoms with Crippen molar-refractivity contribution >= 4 is 16.5 Å². The molecule has 1 aromatic heterocycles. The van der Waals surface area contributed by atoms with Gasteiger partial charge in [0.2, 0.25) is 10.1 Å². The van der Waals surface area contributed by atoms with E-state index in [1.54, 1.807) is 0 Å². The molecular formula is C12H17F3N4OS. The molecule has 0 saturated carbocycles. The molecule has 0 bridgehead atoms. The van der Waals surface area contributed by atoms with Crippen LogP contribution in [0.3, 0.4) is 0 Å². The van der Waals surface area contributed by atoms with E-state index in [1.165, 1.54) is 0 Å². The summed E-state index contributed by atoms with van der Waals surface area (Å²) < 4.78 is 42.9. The van der Waals surface area contributed by atoms with Crippen LogP contribution in [0.15, 0.2) is 0 Å². The van der Waals surface area contributed by atoms with Gasteiger partial charge in [0, 0.05) is 39.3 Å². The predicted octanol–water partition coefficient (Wildman–Crippen LogP) is 1.72. The Hall–Kier alpha value is -0.930. The van der Waals surface area contributed by atoms with Crippen molar-refractivity contribution in [2.24, 2.45) is 5.92 Å². The summed E-state index contributed by atoms with van der Waals surface area (Å²) >= 11 is 0.621. The van der Waals surface area contributed by atoms with Gasteiger partial charge in [-0.1, -0.05) is 11.3 Å². The number of rotatable bonds is 3. The van der Waals surface area contributed by atoms with E-state index in [0.29, 0.717) is 35.5 Å². The second-order valence-corrected chi connectivity index (χ2v) is 6.36. The van der Waals surface area contributed by atoms with Crippen LogP contribution >= 0.6 is 11.3 Å². The normalized spacial score (nSPS) is 24.7. The van der Waals surface area contributed by atoms with Gasteiger partial charge < -0.3 is 9.64 Å². The highest BCUT2D eigenvalue weighted by Crippen LogP contribution is 2.34. The second kappa shape index (κ2) is 6.05. The third-order valence-corrected chi connectivity index (χ3v) is 4.87. The minimum Gasteiger partial charge on any atom is -0.381 e. The number of halogens is 3. The summed E-state index contributed by atoms with van der Waals surface area (Å²) in [6.45, 7) is 5.76. The van der Waals surface area contributed by atoms with Crippen LogP contribution in [0.4, 0.5) is 18.3 Å². The van der Waals surface area contributed by atoms with Crippen molar-refractivity contribution < 1.29 is 17.9 Å². The smallest absolute Gasteiger partial charge is 0.381 e. The number of anilines is 1. The Balaban J connectivity index is 1.52. The molecular weight excluding hydrogens is 305 g/mol. The third kappa shape index (κ3) is 3.64. The van der Waals surface area contributed by atoms with Gasteiger partial charge in [-0.3, -0.25) is 4.90 Å². The molecule has 2 aliphatic heterocycles. The zero-order chi connectivity index (χ0) is 14.9. The summed E-state index contributed by atoms with van der Waals surface area (Å²) in [5.74, 6) is 0.593. The first kappa shape index (κ1) is 15.0. The highest BCUT2D eigenvalue weighted by atomic mass is 32.1. The molecule has 0 aromatic carbocycles. The Morgan fingerprint density at radius 2 is 1.95 bits per heavy atom. The molecule has 118 valence electrons. The van der Waals surface area contributed by atoms with Crippen molar-refractivity contribution in [3.8, 4) is 0 Å². The van der Waals surface area contributed by atoms with Gasteiger partial charge in [0.15, 0.2) is 0 Å². The Morgan fingerprint density at radius 1 is 1.19 bits per heavy atom. The molecule has 2 fully saturated rings. The third-order valence-electron chi connectivity index (χ3n) is 3.84. The van der Waals surface area contributed by atoms with Gasteiger partial charge in [0.25, 0.3) is 0 Å². The zero-order valence-corrected chi connectivity index (χ0v) is 12.3. The number of nitrogens with zero attached hydrogens (tertiary/aromatic N) is 4. The monoisotopic (exact) mass is 322 g/mol. The highest BCUT2D eigenvalue weighted by molar-refractivity contribution is 7.15. The average molecular weight is 322 g/mol. The summed E-state index contributed by atoms with van der Waals surface area (Å²) in [5, 5.41) is 6.40. The number of piperazine rings is 1. The fraction of sp³-hybridized carbons (Fsp3) is 0.833. The minimum atomic E-state index is -4.40. The van der Waals surface area contributed by atoms with Crippen molar-refractivity contribution in [2.75, 3.05) is 50.8 Å². The summed E-state index contributed by atoms with van der Waals surface area (Å²) in [7, 11) is 0. The van der Waals surface area contributed by atoms with E-state index in [1.807, 2.05) is 4.90 Å². The molecule has 2 aliphatic rings. The predicted molar refractivity (Wildman–Crippen MR) is 72.5 cm³/mol. The van der Waals surface area contributed by atoms with E-state index in [0.717, 1.165) is 39.3 Å². The molecule has 0 N–H and O–H groups in total. The van der Waals surface area contributed by atoms with Crippen LogP contribution in [-0.2, 0) is 10.9 Å². The van der Waals surface area contributed by atoms with E-state index in [-0.39, 0.29) is 0 Å². The Morgan fingerprint density at radius 3 is 2.52 bits per heavy atom. The Bertz CT molecular complexity index is 467. The maximum absolute atomic E-state index is 12.5. The van der Waals surface area contributed by atoms with E-state index in [2.05, 4.69) is 15.1 Å². The van der Waals surface area contributed by atoms with E-state index in [4.69, 9.17) is 4.74 Å². The average Bonchev–Trinajstić information content (AvgIpc) is 3.09. The standard InChI is InChI=1S/C12H17F3N4OS/c13-12(14,15)10-16-17-11(21-10)19-4-2-18(3-5-19)7-9-1-6-20-8-9/h9H,1-8H2/t9-/m0/s1. The van der Waals surface area contributed by atoms with Crippen LogP contribution in [0, 0.1) is 5.92 Å². The summed E-state index contributed by atoms with van der Waals surface area (Å²) in [6, 6.07) is 0. The number of alkyl halides is 3. The number of aromatic nitrogens is 2. The fourth-order valence-electron chi connectivity index (χ4n) is 2.67. The second-order valence-electron chi connectivity index (χ2n) is 5.40. The van der Waals surface area contributed by atoms with Crippen LogP contribution in [0.25, 0.3) is 0 Å². The van der Waals surface area contributed by atoms with Crippen molar-refractivity contribution in [3.05, 3.63) is 5.01 Å². The van der Waals surface area contributed by atoms with Gasteiger partial charge in [-0.2, -0.15) is 13.2 Å². The van der Waals surface area contributed by atoms with Crippen LogP contribution in [0.2, 0.25) is 0 Å². The first-order valence-electron chi connectivity index (χ1n) is 6.98. The quantitative estimate of drug-likeness (QED) is 0.847. The molecule has 1 aromatic rings. The molecule has 0 unspecified atom stereocenters. The van der Waals surface area contributed by atoms with Crippen molar-refractivity contribution in [1.82, 2.24) is 15.1 Å². The van der Waals surface area contributed by atoms with Crippen molar-refractivity contribution in [2.45, 2.75) is 12.6 Å². The Kier molecular flexibility index (Phi) is 4.32. The van der Waals surface area contributed by atoms with Crippen LogP contribution in [0.1, 0.15) is 11.4 Å². The van der Waals surface area contributed by atoms with Crippen LogP contribution in [-0.4, -0.2) is 61.0 Å². The van der Waals surface area contributed by atoms with Crippen molar-refractivity contribution in [3.63, 3.8) is 0 Å². The fourth-order valence-corrected chi connectivity index (χ4v) is 3.44. The lowest BCUT2D eigenvalue weighted by molar-refractivity contribution is -0.138. The minimum absolute atomic E-state index is 0.367. The highest BCUT2D eigenvalue weighted by Gasteiger charge is 2.36. The van der Waals surface area contributed by atoms with Gasteiger partial charge in [-0.25, -0.2) is 0 Å². The van der Waals surface area contributed by atoms with Gasteiger partial charge in [-0.15, -0.1) is 10.2 Å². The van der Waals surface area contributed by atoms with E-state index < -0.39 is 11.2 Å². The molecule has 2 saturated heterocycles. The molecule has 9 heteroatoms. The molecule has 3 rings (SSSR count). The molecule has 0 radical (unpaired) electrons. The van der Waals surface area contributed by atoms with Crippen LogP contribution in [0.5, 0.6) is 0 Å². The number of ether oxygens (including phenoxy) is 1. The van der Waals surface area contributed by atoms with E-state index >= 15 is 0 Å². The summed E-state index contributed by atoms with van der Waals surface area (Å²) in [5.41, 5.74) is 0. The first-order chi connectivity index (χ1) is 10.0. The summed E-state index contributed by atoms with van der Waals surface area (Å²) in [6.07, 6.45) is -3.30. The summed E-state index contributed by atoms with van der Waals surface area (Å²) in [4.78, 5) is 4.23. The molecule has 5 nitrogen and oxygen atoms in total. The molecule has 0 spiro atoms. The molecule has 0 aliphatic carbocycles. The number of hydrogen-bond donors (Lipinski definition) is 0.